The lowest BCUT2D eigenvalue weighted by Gasteiger charge is -2.19. The Morgan fingerprint density at radius 2 is 2.19 bits per heavy atom. The Hall–Kier alpha value is -0.730. The first-order valence-electron chi connectivity index (χ1n) is 6.00. The van der Waals surface area contributed by atoms with Crippen LogP contribution >= 0.6 is 11.6 Å². The third-order valence-corrected chi connectivity index (χ3v) is 4.23. The molecule has 0 bridgehead atoms. The molecule has 1 heterocycles. The number of hydrogen-bond donors (Lipinski definition) is 2. The first-order chi connectivity index (χ1) is 7.75. The summed E-state index contributed by atoms with van der Waals surface area (Å²) in [5, 5.41) is 13.8. The third kappa shape index (κ3) is 1.61. The maximum absolute atomic E-state index is 9.73. The average molecular weight is 238 g/mol. The highest BCUT2D eigenvalue weighted by atomic mass is 35.5. The molecule has 2 aliphatic rings. The van der Waals surface area contributed by atoms with Gasteiger partial charge < -0.3 is 10.4 Å². The van der Waals surface area contributed by atoms with Crippen molar-refractivity contribution in [2.75, 3.05) is 6.54 Å². The number of phenolic OH excluding ortho intramolecular Hbond substituents is 1. The fourth-order valence-corrected chi connectivity index (χ4v) is 3.34. The van der Waals surface area contributed by atoms with Crippen LogP contribution in [0.4, 0.5) is 0 Å². The average Bonchev–Trinajstić information content (AvgIpc) is 2.65. The second-order valence-corrected chi connectivity index (χ2v) is 5.26. The predicted octanol–water partition coefficient (Wildman–Crippen LogP) is 2.83. The zero-order valence-electron chi connectivity index (χ0n) is 9.17. The Kier molecular flexibility index (Phi) is 2.56. The predicted molar refractivity (Wildman–Crippen MR) is 65.2 cm³/mol. The number of rotatable bonds is 0. The largest absolute Gasteiger partial charge is 0.506 e. The molecule has 3 heteroatoms. The minimum Gasteiger partial charge on any atom is -0.506 e. The van der Waals surface area contributed by atoms with E-state index in [9.17, 15) is 5.11 Å². The van der Waals surface area contributed by atoms with Gasteiger partial charge in [-0.25, -0.2) is 0 Å². The second kappa shape index (κ2) is 3.94. The quantitative estimate of drug-likeness (QED) is 0.727. The van der Waals surface area contributed by atoms with Crippen LogP contribution in [0.15, 0.2) is 12.1 Å². The van der Waals surface area contributed by atoms with Gasteiger partial charge in [-0.1, -0.05) is 18.0 Å². The van der Waals surface area contributed by atoms with E-state index in [4.69, 9.17) is 11.6 Å². The van der Waals surface area contributed by atoms with Crippen molar-refractivity contribution in [2.45, 2.75) is 37.6 Å². The molecule has 1 aromatic rings. The van der Waals surface area contributed by atoms with Gasteiger partial charge in [-0.15, -0.1) is 0 Å². The molecule has 1 aromatic carbocycles. The van der Waals surface area contributed by atoms with Crippen molar-refractivity contribution in [2.24, 2.45) is 0 Å². The summed E-state index contributed by atoms with van der Waals surface area (Å²) in [6.45, 7) is 1.02. The molecule has 2 nitrogen and oxygen atoms in total. The topological polar surface area (TPSA) is 32.3 Å². The van der Waals surface area contributed by atoms with Gasteiger partial charge in [0.05, 0.1) is 5.02 Å². The summed E-state index contributed by atoms with van der Waals surface area (Å²) >= 11 is 5.97. The molecule has 0 aromatic heterocycles. The molecule has 0 amide bonds. The lowest BCUT2D eigenvalue weighted by molar-refractivity contribution is 0.470. The van der Waals surface area contributed by atoms with E-state index in [1.807, 2.05) is 12.1 Å². The molecular formula is C13H16ClNO. The molecule has 2 atom stereocenters. The van der Waals surface area contributed by atoms with Crippen molar-refractivity contribution in [1.29, 1.82) is 0 Å². The molecule has 1 aliphatic carbocycles. The third-order valence-electron chi connectivity index (χ3n) is 3.92. The van der Waals surface area contributed by atoms with Crippen LogP contribution in [0.2, 0.25) is 5.02 Å². The number of benzene rings is 1. The fraction of sp³-hybridized carbons (Fsp3) is 0.538. The van der Waals surface area contributed by atoms with Gasteiger partial charge in [0.25, 0.3) is 0 Å². The lowest BCUT2D eigenvalue weighted by atomic mass is 9.90. The van der Waals surface area contributed by atoms with Gasteiger partial charge in [-0.05, 0) is 55.0 Å². The van der Waals surface area contributed by atoms with E-state index >= 15 is 0 Å². The standard InChI is InChI=1S/C13H16ClNO/c14-11-6-8-4-5-15-12-3-1-2-9(12)10(8)7-13(11)16/h6-7,9,12,15-16H,1-5H2. The summed E-state index contributed by atoms with van der Waals surface area (Å²) in [6.07, 6.45) is 4.78. The number of fused-ring (bicyclic) bond motifs is 3. The van der Waals surface area contributed by atoms with Crippen LogP contribution in [-0.4, -0.2) is 17.7 Å². The highest BCUT2D eigenvalue weighted by Crippen LogP contribution is 2.41. The molecular weight excluding hydrogens is 222 g/mol. The summed E-state index contributed by atoms with van der Waals surface area (Å²) in [5.74, 6) is 0.800. The van der Waals surface area contributed by atoms with Gasteiger partial charge in [0.1, 0.15) is 5.75 Å². The molecule has 3 rings (SSSR count). The van der Waals surface area contributed by atoms with Crippen molar-refractivity contribution in [3.8, 4) is 5.75 Å². The van der Waals surface area contributed by atoms with Crippen LogP contribution in [-0.2, 0) is 6.42 Å². The SMILES string of the molecule is Oc1cc2c(cc1Cl)CCNC1CCCC21. The number of hydrogen-bond acceptors (Lipinski definition) is 2. The van der Waals surface area contributed by atoms with Crippen molar-refractivity contribution in [3.05, 3.63) is 28.3 Å². The Labute approximate surface area is 101 Å². The van der Waals surface area contributed by atoms with Crippen LogP contribution < -0.4 is 5.32 Å². The maximum atomic E-state index is 9.73. The molecule has 0 spiro atoms. The van der Waals surface area contributed by atoms with Crippen molar-refractivity contribution in [3.63, 3.8) is 0 Å². The molecule has 86 valence electrons. The Balaban J connectivity index is 2.09. The molecule has 1 saturated carbocycles. The summed E-state index contributed by atoms with van der Waals surface area (Å²) in [7, 11) is 0. The normalized spacial score (nSPS) is 28.3. The van der Waals surface area contributed by atoms with Crippen molar-refractivity contribution < 1.29 is 5.11 Å². The highest BCUT2D eigenvalue weighted by Gasteiger charge is 2.32. The van der Waals surface area contributed by atoms with E-state index in [0.29, 0.717) is 17.0 Å². The van der Waals surface area contributed by atoms with Gasteiger partial charge in [0, 0.05) is 6.04 Å². The van der Waals surface area contributed by atoms with Gasteiger partial charge in [-0.3, -0.25) is 0 Å². The molecule has 16 heavy (non-hydrogen) atoms. The number of nitrogens with one attached hydrogen (secondary N) is 1. The molecule has 2 unspecified atom stereocenters. The first-order valence-corrected chi connectivity index (χ1v) is 6.38. The van der Waals surface area contributed by atoms with Gasteiger partial charge in [0.15, 0.2) is 0 Å². The van der Waals surface area contributed by atoms with E-state index in [1.54, 1.807) is 0 Å². The Morgan fingerprint density at radius 3 is 3.06 bits per heavy atom. The Bertz CT molecular complexity index is 419. The van der Waals surface area contributed by atoms with Gasteiger partial charge in [0.2, 0.25) is 0 Å². The summed E-state index contributed by atoms with van der Waals surface area (Å²) in [4.78, 5) is 0. The number of aromatic hydroxyl groups is 1. The van der Waals surface area contributed by atoms with E-state index in [0.717, 1.165) is 13.0 Å². The second-order valence-electron chi connectivity index (χ2n) is 4.85. The monoisotopic (exact) mass is 237 g/mol. The molecule has 1 aliphatic heterocycles. The molecule has 0 radical (unpaired) electrons. The van der Waals surface area contributed by atoms with Crippen LogP contribution in [0.25, 0.3) is 0 Å². The molecule has 1 fully saturated rings. The van der Waals surface area contributed by atoms with E-state index in [2.05, 4.69) is 5.32 Å². The van der Waals surface area contributed by atoms with Gasteiger partial charge in [-0.2, -0.15) is 0 Å². The number of phenols is 1. The summed E-state index contributed by atoms with van der Waals surface area (Å²) in [6, 6.07) is 4.42. The van der Waals surface area contributed by atoms with E-state index < -0.39 is 0 Å². The highest BCUT2D eigenvalue weighted by molar-refractivity contribution is 6.32. The maximum Gasteiger partial charge on any atom is 0.134 e. The lowest BCUT2D eigenvalue weighted by Crippen LogP contribution is -2.30. The van der Waals surface area contributed by atoms with Crippen LogP contribution in [0.3, 0.4) is 0 Å². The molecule has 2 N–H and O–H groups in total. The van der Waals surface area contributed by atoms with Crippen molar-refractivity contribution >= 4 is 11.6 Å². The number of halogens is 1. The van der Waals surface area contributed by atoms with Crippen molar-refractivity contribution in [1.82, 2.24) is 5.32 Å². The summed E-state index contributed by atoms with van der Waals surface area (Å²) < 4.78 is 0. The van der Waals surface area contributed by atoms with Crippen LogP contribution in [0, 0.1) is 0 Å². The van der Waals surface area contributed by atoms with Gasteiger partial charge >= 0.3 is 0 Å². The minimum absolute atomic E-state index is 0.230. The van der Waals surface area contributed by atoms with E-state index in [-0.39, 0.29) is 5.75 Å². The smallest absolute Gasteiger partial charge is 0.134 e. The Morgan fingerprint density at radius 1 is 1.31 bits per heavy atom. The van der Waals surface area contributed by atoms with Crippen LogP contribution in [0.5, 0.6) is 5.75 Å². The fourth-order valence-electron chi connectivity index (χ4n) is 3.15. The summed E-state index contributed by atoms with van der Waals surface area (Å²) in [5.41, 5.74) is 2.62. The zero-order chi connectivity index (χ0) is 11.1. The van der Waals surface area contributed by atoms with E-state index in [1.165, 1.54) is 30.4 Å². The zero-order valence-corrected chi connectivity index (χ0v) is 9.93. The minimum atomic E-state index is 0.230. The first kappa shape index (κ1) is 10.4. The molecule has 0 saturated heterocycles. The van der Waals surface area contributed by atoms with Crippen LogP contribution in [0.1, 0.15) is 36.3 Å².